The summed E-state index contributed by atoms with van der Waals surface area (Å²) in [7, 11) is 1.28. The molecule has 0 spiro atoms. The van der Waals surface area contributed by atoms with Gasteiger partial charge in [0.25, 0.3) is 11.8 Å². The maximum Gasteiger partial charge on any atom is 0.352 e. The van der Waals surface area contributed by atoms with Gasteiger partial charge >= 0.3 is 5.97 Å². The third-order valence-electron chi connectivity index (χ3n) is 3.93. The van der Waals surface area contributed by atoms with Gasteiger partial charge in [-0.3, -0.25) is 14.5 Å². The van der Waals surface area contributed by atoms with Crippen molar-refractivity contribution in [2.24, 2.45) is 5.16 Å². The van der Waals surface area contributed by atoms with Crippen molar-refractivity contribution in [2.75, 3.05) is 18.6 Å². The highest BCUT2D eigenvalue weighted by atomic mass is 79.9. The summed E-state index contributed by atoms with van der Waals surface area (Å²) in [5.41, 5.74) is 6.04. The predicted octanol–water partition coefficient (Wildman–Crippen LogP) is 1.45. The number of rotatable bonds is 6. The van der Waals surface area contributed by atoms with Crippen LogP contribution in [0.15, 0.2) is 31.3 Å². The van der Waals surface area contributed by atoms with E-state index in [1.54, 1.807) is 11.5 Å². The van der Waals surface area contributed by atoms with Crippen LogP contribution in [0.5, 0.6) is 0 Å². The zero-order valence-corrected chi connectivity index (χ0v) is 19.4. The molecule has 1 fully saturated rings. The van der Waals surface area contributed by atoms with Crippen LogP contribution in [-0.2, 0) is 19.2 Å². The Hall–Kier alpha value is -1.90. The fraction of sp³-hybridized carbons (Fsp3) is 0.267. The normalized spacial score (nSPS) is 21.3. The quantitative estimate of drug-likeness (QED) is 0.266. The number of fused-ring (bicyclic) bond motifs is 1. The monoisotopic (exact) mass is 565 g/mol. The molecule has 29 heavy (non-hydrogen) atoms. The first-order valence-electron chi connectivity index (χ1n) is 7.81. The maximum absolute atomic E-state index is 12.7. The van der Waals surface area contributed by atoms with Crippen LogP contribution in [0.4, 0.5) is 5.13 Å². The number of nitrogens with one attached hydrogen (secondary N) is 1. The minimum absolute atomic E-state index is 0.112. The average molecular weight is 567 g/mol. The molecule has 1 saturated heterocycles. The number of hydrogen-bond donors (Lipinski definition) is 3. The number of amides is 2. The molecule has 1 aromatic rings. The highest BCUT2D eigenvalue weighted by Crippen LogP contribution is 2.41. The lowest BCUT2D eigenvalue weighted by Gasteiger charge is -2.49. The molecule has 2 aliphatic rings. The van der Waals surface area contributed by atoms with E-state index in [-0.39, 0.29) is 22.2 Å². The Kier molecular flexibility index (Phi) is 6.65. The van der Waals surface area contributed by atoms with Crippen molar-refractivity contribution in [1.29, 1.82) is 0 Å². The molecule has 154 valence electrons. The maximum atomic E-state index is 12.7. The Balaban J connectivity index is 1.82. The molecule has 1 unspecified atom stereocenters. The van der Waals surface area contributed by atoms with E-state index in [1.807, 2.05) is 0 Å². The Morgan fingerprint density at radius 1 is 1.52 bits per heavy atom. The molecule has 14 heteroatoms. The van der Waals surface area contributed by atoms with Crippen LogP contribution in [0, 0.1) is 0 Å². The van der Waals surface area contributed by atoms with Gasteiger partial charge in [-0.25, -0.2) is 9.78 Å². The number of thiazole rings is 1. The van der Waals surface area contributed by atoms with E-state index in [4.69, 9.17) is 10.6 Å². The van der Waals surface area contributed by atoms with Gasteiger partial charge in [-0.2, -0.15) is 0 Å². The molecule has 4 N–H and O–H groups in total. The van der Waals surface area contributed by atoms with Crippen LogP contribution in [0.25, 0.3) is 0 Å². The fourth-order valence-electron chi connectivity index (χ4n) is 2.79. The van der Waals surface area contributed by atoms with Crippen molar-refractivity contribution in [2.45, 2.75) is 11.4 Å². The number of anilines is 1. The number of carbonyl (C=O) groups excluding carboxylic acids is 2. The molecule has 10 nitrogen and oxygen atoms in total. The summed E-state index contributed by atoms with van der Waals surface area (Å²) in [6.45, 7) is 0. The third kappa shape index (κ3) is 4.34. The zero-order chi connectivity index (χ0) is 21.3. The second-order valence-electron chi connectivity index (χ2n) is 5.67. The van der Waals surface area contributed by atoms with E-state index in [0.717, 1.165) is 11.3 Å². The number of oxime groups is 1. The summed E-state index contributed by atoms with van der Waals surface area (Å²) in [4.78, 5) is 46.9. The third-order valence-corrected chi connectivity index (χ3v) is 6.37. The van der Waals surface area contributed by atoms with E-state index >= 15 is 0 Å². The van der Waals surface area contributed by atoms with Crippen molar-refractivity contribution >= 4 is 83.6 Å². The highest BCUT2D eigenvalue weighted by molar-refractivity contribution is 9.28. The SMILES string of the molecule is CON=C(C(=O)NC1C(=O)N2C(C(=O)O)=C(C=C(Br)Br)CS[C@@H]12)c1csc(N)n1. The predicted molar refractivity (Wildman–Crippen MR) is 116 cm³/mol. The van der Waals surface area contributed by atoms with Gasteiger partial charge in [0.05, 0.1) is 3.39 Å². The number of hydrogen-bond acceptors (Lipinski definition) is 9. The van der Waals surface area contributed by atoms with E-state index in [0.29, 0.717) is 14.7 Å². The molecule has 0 radical (unpaired) electrons. The van der Waals surface area contributed by atoms with Crippen LogP contribution in [0.1, 0.15) is 5.69 Å². The number of nitrogen functional groups attached to an aromatic ring is 1. The molecule has 2 aliphatic heterocycles. The number of thioether (sulfide) groups is 1. The van der Waals surface area contributed by atoms with E-state index < -0.39 is 29.2 Å². The number of β-lactam (4-membered cyclic amide) rings is 1. The van der Waals surface area contributed by atoms with Crippen LogP contribution >= 0.6 is 55.0 Å². The molecule has 1 aromatic heterocycles. The summed E-state index contributed by atoms with van der Waals surface area (Å²) in [5, 5.41) is 17.1. The van der Waals surface area contributed by atoms with Crippen molar-refractivity contribution < 1.29 is 24.3 Å². The number of allylic oxidation sites excluding steroid dienone is 1. The largest absolute Gasteiger partial charge is 0.477 e. The van der Waals surface area contributed by atoms with Crippen LogP contribution in [0.2, 0.25) is 0 Å². The number of aromatic nitrogens is 1. The van der Waals surface area contributed by atoms with Crippen molar-refractivity contribution in [3.8, 4) is 0 Å². The Bertz CT molecular complexity index is 972. The summed E-state index contributed by atoms with van der Waals surface area (Å²) in [6.07, 6.45) is 1.59. The average Bonchev–Trinajstić information content (AvgIpc) is 3.08. The van der Waals surface area contributed by atoms with Crippen LogP contribution in [-0.4, -0.2) is 62.8 Å². The van der Waals surface area contributed by atoms with Crippen molar-refractivity contribution in [3.63, 3.8) is 0 Å². The molecule has 0 bridgehead atoms. The molecule has 2 atom stereocenters. The van der Waals surface area contributed by atoms with E-state index in [2.05, 4.69) is 47.3 Å². The van der Waals surface area contributed by atoms with Gasteiger partial charge in [0, 0.05) is 11.1 Å². The highest BCUT2D eigenvalue weighted by Gasteiger charge is 2.54. The van der Waals surface area contributed by atoms with E-state index in [1.165, 1.54) is 23.8 Å². The second kappa shape index (κ2) is 8.85. The smallest absolute Gasteiger partial charge is 0.352 e. The first-order valence-corrected chi connectivity index (χ1v) is 11.3. The topological polar surface area (TPSA) is 147 Å². The number of carbonyl (C=O) groups is 3. The van der Waals surface area contributed by atoms with Gasteiger partial charge in [-0.1, -0.05) is 5.16 Å². The molecular formula is C15H13Br2N5O5S2. The minimum atomic E-state index is -1.22. The number of halogens is 2. The fourth-order valence-corrected chi connectivity index (χ4v) is 5.19. The minimum Gasteiger partial charge on any atom is -0.477 e. The number of aliphatic carboxylic acids is 1. The molecule has 3 rings (SSSR count). The molecule has 0 saturated carbocycles. The zero-order valence-electron chi connectivity index (χ0n) is 14.6. The summed E-state index contributed by atoms with van der Waals surface area (Å²) in [6, 6.07) is -0.905. The lowest BCUT2D eigenvalue weighted by Crippen LogP contribution is -2.71. The molecule has 2 amide bonds. The van der Waals surface area contributed by atoms with Gasteiger partial charge in [-0.15, -0.1) is 23.1 Å². The van der Waals surface area contributed by atoms with Crippen molar-refractivity contribution in [3.05, 3.63) is 31.8 Å². The Morgan fingerprint density at radius 2 is 2.24 bits per heavy atom. The summed E-state index contributed by atoms with van der Waals surface area (Å²) in [5.74, 6) is -2.07. The lowest BCUT2D eigenvalue weighted by molar-refractivity contribution is -0.150. The van der Waals surface area contributed by atoms with Crippen LogP contribution in [0.3, 0.4) is 0 Å². The Labute approximate surface area is 189 Å². The first kappa shape index (κ1) is 21.8. The first-order chi connectivity index (χ1) is 13.7. The molecule has 0 aliphatic carbocycles. The molecular weight excluding hydrogens is 554 g/mol. The summed E-state index contributed by atoms with van der Waals surface area (Å²) >= 11 is 8.86. The van der Waals surface area contributed by atoms with Gasteiger partial charge in [-0.05, 0) is 43.5 Å². The molecule has 0 aromatic carbocycles. The lowest BCUT2D eigenvalue weighted by atomic mass is 10.0. The second-order valence-corrected chi connectivity index (χ2v) is 10.4. The van der Waals surface area contributed by atoms with Gasteiger partial charge < -0.3 is 21.0 Å². The van der Waals surface area contributed by atoms with Gasteiger partial charge in [0.15, 0.2) is 10.8 Å². The number of nitrogens with zero attached hydrogens (tertiary/aromatic N) is 3. The van der Waals surface area contributed by atoms with Crippen LogP contribution < -0.4 is 11.1 Å². The number of carboxylic acids is 1. The molecule has 3 heterocycles. The summed E-state index contributed by atoms with van der Waals surface area (Å²) < 4.78 is 0.554. The number of carboxylic acid groups (broad SMARTS) is 1. The van der Waals surface area contributed by atoms with E-state index in [9.17, 15) is 19.5 Å². The van der Waals surface area contributed by atoms with Gasteiger partial charge in [0.1, 0.15) is 29.9 Å². The Morgan fingerprint density at radius 3 is 2.79 bits per heavy atom. The standard InChI is InChI=1S/C15H13Br2N5O5S2/c1-27-21-8(6-4-29-15(18)19-6)11(23)20-9-12(24)22-10(14(25)26)5(2-7(16)17)3-28-13(9)22/h2,4,9,13H,3H2,1H3,(H2,18,19)(H,20,23)(H,25,26)/t9?,13-/m0/s1. The van der Waals surface area contributed by atoms with Gasteiger partial charge in [0.2, 0.25) is 0 Å². The van der Waals surface area contributed by atoms with Crippen molar-refractivity contribution in [1.82, 2.24) is 15.2 Å². The number of nitrogens with two attached hydrogens (primary N) is 1.